The lowest BCUT2D eigenvalue weighted by atomic mass is 10.2. The van der Waals surface area contributed by atoms with Gasteiger partial charge in [-0.05, 0) is 23.8 Å². The van der Waals surface area contributed by atoms with E-state index in [1.54, 1.807) is 22.9 Å². The molecule has 94 valence electrons. The summed E-state index contributed by atoms with van der Waals surface area (Å²) in [5.41, 5.74) is 2.01. The number of fused-ring (bicyclic) bond motifs is 1. The van der Waals surface area contributed by atoms with Crippen molar-refractivity contribution < 1.29 is 9.90 Å². The Morgan fingerprint density at radius 2 is 1.95 bits per heavy atom. The standard InChI is InChI=1S/C15H12N2O2/c18-15(19)13-9-12-7-4-8-16-14(12)17(13)10-11-5-2-1-3-6-11/h1-9H,10H2,(H,18,19). The molecule has 1 N–H and O–H groups in total. The summed E-state index contributed by atoms with van der Waals surface area (Å²) in [5.74, 6) is -0.936. The molecule has 0 saturated heterocycles. The number of aromatic carboxylic acids is 1. The summed E-state index contributed by atoms with van der Waals surface area (Å²) in [4.78, 5) is 15.6. The second-order valence-electron chi connectivity index (χ2n) is 4.32. The maximum absolute atomic E-state index is 11.3. The van der Waals surface area contributed by atoms with Gasteiger partial charge in [0.1, 0.15) is 11.3 Å². The summed E-state index contributed by atoms with van der Waals surface area (Å²) in [5, 5.41) is 10.1. The molecule has 2 aromatic heterocycles. The summed E-state index contributed by atoms with van der Waals surface area (Å²) in [7, 11) is 0. The van der Waals surface area contributed by atoms with Crippen molar-refractivity contribution in [2.75, 3.05) is 0 Å². The van der Waals surface area contributed by atoms with Crippen LogP contribution in [-0.4, -0.2) is 20.6 Å². The normalized spacial score (nSPS) is 10.7. The number of nitrogens with zero attached hydrogens (tertiary/aromatic N) is 2. The van der Waals surface area contributed by atoms with Crippen molar-refractivity contribution in [2.24, 2.45) is 0 Å². The second-order valence-corrected chi connectivity index (χ2v) is 4.32. The number of hydrogen-bond donors (Lipinski definition) is 1. The average molecular weight is 252 g/mol. The van der Waals surface area contributed by atoms with E-state index in [9.17, 15) is 9.90 Å². The van der Waals surface area contributed by atoms with Crippen molar-refractivity contribution >= 4 is 17.0 Å². The van der Waals surface area contributed by atoms with Gasteiger partial charge in [-0.3, -0.25) is 0 Å². The Bertz CT molecular complexity index is 732. The summed E-state index contributed by atoms with van der Waals surface area (Å²) in [6, 6.07) is 15.1. The maximum Gasteiger partial charge on any atom is 0.352 e. The molecule has 0 fully saturated rings. The fourth-order valence-electron chi connectivity index (χ4n) is 2.19. The number of pyridine rings is 1. The van der Waals surface area contributed by atoms with Crippen LogP contribution >= 0.6 is 0 Å². The van der Waals surface area contributed by atoms with E-state index in [2.05, 4.69) is 4.98 Å². The van der Waals surface area contributed by atoms with Crippen LogP contribution in [0.3, 0.4) is 0 Å². The van der Waals surface area contributed by atoms with Gasteiger partial charge in [-0.1, -0.05) is 30.3 Å². The van der Waals surface area contributed by atoms with Crippen LogP contribution < -0.4 is 0 Å². The van der Waals surface area contributed by atoms with Crippen molar-refractivity contribution in [3.05, 3.63) is 66.0 Å². The Balaban J connectivity index is 2.15. The highest BCUT2D eigenvalue weighted by Crippen LogP contribution is 2.19. The predicted molar refractivity (Wildman–Crippen MR) is 72.2 cm³/mol. The van der Waals surface area contributed by atoms with Crippen molar-refractivity contribution in [2.45, 2.75) is 6.54 Å². The molecular weight excluding hydrogens is 240 g/mol. The molecule has 0 radical (unpaired) electrons. The lowest BCUT2D eigenvalue weighted by molar-refractivity contribution is 0.0686. The number of rotatable bonds is 3. The van der Waals surface area contributed by atoms with Crippen molar-refractivity contribution in [3.63, 3.8) is 0 Å². The summed E-state index contributed by atoms with van der Waals surface area (Å²) >= 11 is 0. The third-order valence-electron chi connectivity index (χ3n) is 3.06. The lowest BCUT2D eigenvalue weighted by Gasteiger charge is -2.07. The molecule has 3 aromatic rings. The number of carboxylic acids is 1. The van der Waals surface area contributed by atoms with Crippen LogP contribution in [0.25, 0.3) is 11.0 Å². The highest BCUT2D eigenvalue weighted by molar-refractivity contribution is 5.93. The average Bonchev–Trinajstić information content (AvgIpc) is 2.79. The van der Waals surface area contributed by atoms with E-state index in [1.807, 2.05) is 36.4 Å². The Kier molecular flexibility index (Phi) is 2.76. The van der Waals surface area contributed by atoms with E-state index in [1.165, 1.54) is 0 Å². The van der Waals surface area contributed by atoms with E-state index in [-0.39, 0.29) is 5.69 Å². The first-order valence-electron chi connectivity index (χ1n) is 5.97. The van der Waals surface area contributed by atoms with Gasteiger partial charge in [0.15, 0.2) is 0 Å². The summed E-state index contributed by atoms with van der Waals surface area (Å²) in [6.45, 7) is 0.503. The highest BCUT2D eigenvalue weighted by atomic mass is 16.4. The maximum atomic E-state index is 11.3. The van der Waals surface area contributed by atoms with Gasteiger partial charge in [0.2, 0.25) is 0 Å². The third-order valence-corrected chi connectivity index (χ3v) is 3.06. The zero-order chi connectivity index (χ0) is 13.2. The molecule has 0 bridgehead atoms. The quantitative estimate of drug-likeness (QED) is 0.779. The topological polar surface area (TPSA) is 55.1 Å². The Labute approximate surface area is 109 Å². The monoisotopic (exact) mass is 252 g/mol. The van der Waals surface area contributed by atoms with Crippen LogP contribution in [0, 0.1) is 0 Å². The molecular formula is C15H12N2O2. The fourth-order valence-corrected chi connectivity index (χ4v) is 2.19. The Morgan fingerprint density at radius 1 is 1.16 bits per heavy atom. The number of benzene rings is 1. The molecule has 0 aliphatic carbocycles. The molecule has 0 saturated carbocycles. The Morgan fingerprint density at radius 3 is 2.68 bits per heavy atom. The van der Waals surface area contributed by atoms with Crippen molar-refractivity contribution in [1.82, 2.24) is 9.55 Å². The van der Waals surface area contributed by atoms with E-state index in [0.717, 1.165) is 10.9 Å². The highest BCUT2D eigenvalue weighted by Gasteiger charge is 2.15. The van der Waals surface area contributed by atoms with Crippen molar-refractivity contribution in [3.8, 4) is 0 Å². The molecule has 3 rings (SSSR count). The van der Waals surface area contributed by atoms with Gasteiger partial charge in [0.05, 0.1) is 0 Å². The zero-order valence-corrected chi connectivity index (χ0v) is 10.2. The van der Waals surface area contributed by atoms with Gasteiger partial charge in [-0.25, -0.2) is 9.78 Å². The second kappa shape index (κ2) is 4.57. The molecule has 4 heteroatoms. The van der Waals surface area contributed by atoms with Gasteiger partial charge in [0, 0.05) is 18.1 Å². The third kappa shape index (κ3) is 2.08. The zero-order valence-electron chi connectivity index (χ0n) is 10.2. The van der Waals surface area contributed by atoms with Crippen LogP contribution in [-0.2, 0) is 6.54 Å². The van der Waals surface area contributed by atoms with E-state index >= 15 is 0 Å². The van der Waals surface area contributed by atoms with Gasteiger partial charge in [0.25, 0.3) is 0 Å². The summed E-state index contributed by atoms with van der Waals surface area (Å²) in [6.07, 6.45) is 1.68. The van der Waals surface area contributed by atoms with Crippen molar-refractivity contribution in [1.29, 1.82) is 0 Å². The number of carbonyl (C=O) groups is 1. The predicted octanol–water partition coefficient (Wildman–Crippen LogP) is 2.78. The van der Waals surface area contributed by atoms with E-state index in [0.29, 0.717) is 12.2 Å². The first kappa shape index (κ1) is 11.5. The number of hydrogen-bond acceptors (Lipinski definition) is 2. The fraction of sp³-hybridized carbons (Fsp3) is 0.0667. The minimum Gasteiger partial charge on any atom is -0.477 e. The van der Waals surface area contributed by atoms with Crippen LogP contribution in [0.2, 0.25) is 0 Å². The van der Waals surface area contributed by atoms with Crippen LogP contribution in [0.5, 0.6) is 0 Å². The number of aromatic nitrogens is 2. The van der Waals surface area contributed by atoms with Crippen LogP contribution in [0.15, 0.2) is 54.7 Å². The number of carboxylic acid groups (broad SMARTS) is 1. The van der Waals surface area contributed by atoms with E-state index in [4.69, 9.17) is 0 Å². The molecule has 0 aliphatic heterocycles. The lowest BCUT2D eigenvalue weighted by Crippen LogP contribution is -2.09. The SMILES string of the molecule is O=C(O)c1cc2cccnc2n1Cc1ccccc1. The molecule has 0 unspecified atom stereocenters. The molecule has 19 heavy (non-hydrogen) atoms. The molecule has 4 nitrogen and oxygen atoms in total. The van der Waals surface area contributed by atoms with Gasteiger partial charge < -0.3 is 9.67 Å². The smallest absolute Gasteiger partial charge is 0.352 e. The van der Waals surface area contributed by atoms with Crippen LogP contribution in [0.4, 0.5) is 0 Å². The van der Waals surface area contributed by atoms with Gasteiger partial charge in [-0.15, -0.1) is 0 Å². The van der Waals surface area contributed by atoms with Gasteiger partial charge >= 0.3 is 5.97 Å². The molecule has 0 aliphatic rings. The molecule has 1 aromatic carbocycles. The Hall–Kier alpha value is -2.62. The summed E-state index contributed by atoms with van der Waals surface area (Å²) < 4.78 is 1.73. The molecule has 0 atom stereocenters. The van der Waals surface area contributed by atoms with Crippen LogP contribution in [0.1, 0.15) is 16.1 Å². The minimum atomic E-state index is -0.936. The molecule has 2 heterocycles. The molecule has 0 amide bonds. The first-order valence-corrected chi connectivity index (χ1v) is 5.97. The first-order chi connectivity index (χ1) is 9.25. The van der Waals surface area contributed by atoms with E-state index < -0.39 is 5.97 Å². The van der Waals surface area contributed by atoms with Gasteiger partial charge in [-0.2, -0.15) is 0 Å². The minimum absolute atomic E-state index is 0.262. The molecule has 0 spiro atoms. The largest absolute Gasteiger partial charge is 0.477 e.